The molecule has 1 saturated heterocycles. The molecule has 0 aromatic heterocycles. The topological polar surface area (TPSA) is 88.5 Å². The minimum absolute atomic E-state index is 0.00530. The Hall–Kier alpha value is -3.26. The second-order valence-corrected chi connectivity index (χ2v) is 7.60. The molecule has 2 aromatic rings. The zero-order valence-electron chi connectivity index (χ0n) is 18.7. The van der Waals surface area contributed by atoms with Crippen molar-refractivity contribution in [3.8, 4) is 17.2 Å². The van der Waals surface area contributed by atoms with E-state index >= 15 is 0 Å². The zero-order valence-corrected chi connectivity index (χ0v) is 18.7. The van der Waals surface area contributed by atoms with Gasteiger partial charge in [0.2, 0.25) is 5.75 Å². The van der Waals surface area contributed by atoms with Crippen LogP contribution in [0.5, 0.6) is 17.2 Å². The van der Waals surface area contributed by atoms with Crippen LogP contribution in [0, 0.1) is 0 Å². The monoisotopic (exact) mass is 442 g/mol. The number of hydrogen-bond donors (Lipinski definition) is 1. The number of carbonyl (C=O) groups is 2. The van der Waals surface area contributed by atoms with Crippen molar-refractivity contribution in [2.45, 2.75) is 18.9 Å². The Morgan fingerprint density at radius 2 is 1.53 bits per heavy atom. The summed E-state index contributed by atoms with van der Waals surface area (Å²) in [5.41, 5.74) is 1.57. The standard InChI is InChI=1S/C24H30N2O6/c1-30-20-15-18(16-21(31-2)23(20)32-3)24(29)26-13-11-25(12-14-26)19(9-10-22(27)28)17-7-5-4-6-8-17/h4-8,15-16,19H,9-14H2,1-3H3,(H,27,28)/t19-/m1/s1. The van der Waals surface area contributed by atoms with Gasteiger partial charge >= 0.3 is 5.97 Å². The molecule has 1 aliphatic rings. The van der Waals surface area contributed by atoms with Crippen LogP contribution in [0.15, 0.2) is 42.5 Å². The Bertz CT molecular complexity index is 900. The summed E-state index contributed by atoms with van der Waals surface area (Å²) in [6, 6.07) is 13.3. The van der Waals surface area contributed by atoms with Crippen LogP contribution in [0.2, 0.25) is 0 Å². The fourth-order valence-corrected chi connectivity index (χ4v) is 4.12. The van der Waals surface area contributed by atoms with Crippen molar-refractivity contribution < 1.29 is 28.9 Å². The van der Waals surface area contributed by atoms with E-state index in [0.717, 1.165) is 5.56 Å². The summed E-state index contributed by atoms with van der Waals surface area (Å²) in [4.78, 5) is 28.4. The summed E-state index contributed by atoms with van der Waals surface area (Å²) >= 11 is 0. The van der Waals surface area contributed by atoms with Crippen molar-refractivity contribution in [1.82, 2.24) is 9.80 Å². The van der Waals surface area contributed by atoms with Crippen LogP contribution >= 0.6 is 0 Å². The van der Waals surface area contributed by atoms with Crippen LogP contribution in [-0.2, 0) is 4.79 Å². The van der Waals surface area contributed by atoms with E-state index in [0.29, 0.717) is 55.4 Å². The van der Waals surface area contributed by atoms with Gasteiger partial charge in [0.15, 0.2) is 11.5 Å². The molecule has 2 aromatic carbocycles. The van der Waals surface area contributed by atoms with Gasteiger partial charge in [0.1, 0.15) is 0 Å². The van der Waals surface area contributed by atoms with Crippen molar-refractivity contribution in [2.24, 2.45) is 0 Å². The molecule has 1 atom stereocenters. The fraction of sp³-hybridized carbons (Fsp3) is 0.417. The molecule has 3 rings (SSSR count). The van der Waals surface area contributed by atoms with Gasteiger partial charge in [-0.05, 0) is 24.1 Å². The largest absolute Gasteiger partial charge is 0.493 e. The normalized spacial score (nSPS) is 15.2. The number of ether oxygens (including phenoxy) is 3. The SMILES string of the molecule is COc1cc(C(=O)N2CCN([C@H](CCC(=O)O)c3ccccc3)CC2)cc(OC)c1OC. The third kappa shape index (κ3) is 5.31. The van der Waals surface area contributed by atoms with Gasteiger partial charge in [0, 0.05) is 44.2 Å². The molecule has 8 heteroatoms. The van der Waals surface area contributed by atoms with Crippen LogP contribution < -0.4 is 14.2 Å². The predicted molar refractivity (Wildman–Crippen MR) is 120 cm³/mol. The van der Waals surface area contributed by atoms with Crippen LogP contribution in [0.4, 0.5) is 0 Å². The summed E-state index contributed by atoms with van der Waals surface area (Å²) in [5.74, 6) is 0.409. The first-order valence-corrected chi connectivity index (χ1v) is 10.6. The number of aliphatic carboxylic acids is 1. The van der Waals surface area contributed by atoms with E-state index in [1.165, 1.54) is 21.3 Å². The Labute approximate surface area is 188 Å². The van der Waals surface area contributed by atoms with Gasteiger partial charge in [0.05, 0.1) is 21.3 Å². The minimum Gasteiger partial charge on any atom is -0.493 e. The third-order valence-corrected chi connectivity index (χ3v) is 5.77. The number of carboxylic acids is 1. The number of nitrogens with zero attached hydrogens (tertiary/aromatic N) is 2. The highest BCUT2D eigenvalue weighted by Gasteiger charge is 2.29. The summed E-state index contributed by atoms with van der Waals surface area (Å²) < 4.78 is 16.1. The maximum Gasteiger partial charge on any atom is 0.303 e. The number of piperazine rings is 1. The quantitative estimate of drug-likeness (QED) is 0.638. The molecular formula is C24H30N2O6. The van der Waals surface area contributed by atoms with Gasteiger partial charge in [-0.25, -0.2) is 0 Å². The van der Waals surface area contributed by atoms with Crippen LogP contribution in [0.25, 0.3) is 0 Å². The smallest absolute Gasteiger partial charge is 0.303 e. The molecule has 0 spiro atoms. The van der Waals surface area contributed by atoms with Crippen molar-refractivity contribution in [3.05, 3.63) is 53.6 Å². The lowest BCUT2D eigenvalue weighted by Crippen LogP contribution is -2.49. The number of carbonyl (C=O) groups excluding carboxylic acids is 1. The van der Waals surface area contributed by atoms with E-state index in [-0.39, 0.29) is 18.4 Å². The maximum atomic E-state index is 13.2. The Morgan fingerprint density at radius 3 is 2.03 bits per heavy atom. The van der Waals surface area contributed by atoms with Gasteiger partial charge < -0.3 is 24.2 Å². The first-order chi connectivity index (χ1) is 15.5. The second kappa shape index (κ2) is 10.9. The molecule has 0 radical (unpaired) electrons. The summed E-state index contributed by atoms with van der Waals surface area (Å²) in [7, 11) is 4.56. The molecule has 1 aliphatic heterocycles. The molecule has 0 bridgehead atoms. The lowest BCUT2D eigenvalue weighted by Gasteiger charge is -2.39. The number of amides is 1. The van der Waals surface area contributed by atoms with E-state index in [9.17, 15) is 14.7 Å². The molecular weight excluding hydrogens is 412 g/mol. The maximum absolute atomic E-state index is 13.2. The molecule has 0 saturated carbocycles. The van der Waals surface area contributed by atoms with Crippen molar-refractivity contribution in [2.75, 3.05) is 47.5 Å². The molecule has 1 fully saturated rings. The van der Waals surface area contributed by atoms with E-state index in [2.05, 4.69) is 4.90 Å². The average molecular weight is 443 g/mol. The van der Waals surface area contributed by atoms with E-state index in [4.69, 9.17) is 14.2 Å². The second-order valence-electron chi connectivity index (χ2n) is 7.60. The summed E-state index contributed by atoms with van der Waals surface area (Å²) in [6.45, 7) is 2.42. The Kier molecular flexibility index (Phi) is 7.94. The predicted octanol–water partition coefficient (Wildman–Crippen LogP) is 3.08. The molecule has 1 amide bonds. The van der Waals surface area contributed by atoms with Crippen molar-refractivity contribution in [1.29, 1.82) is 0 Å². The molecule has 0 unspecified atom stereocenters. The molecule has 1 N–H and O–H groups in total. The Balaban J connectivity index is 1.73. The Morgan fingerprint density at radius 1 is 0.938 bits per heavy atom. The van der Waals surface area contributed by atoms with Gasteiger partial charge in [0.25, 0.3) is 5.91 Å². The molecule has 172 valence electrons. The van der Waals surface area contributed by atoms with E-state index in [1.54, 1.807) is 17.0 Å². The minimum atomic E-state index is -0.804. The lowest BCUT2D eigenvalue weighted by atomic mass is 9.99. The molecule has 8 nitrogen and oxygen atoms in total. The van der Waals surface area contributed by atoms with Crippen LogP contribution in [-0.4, -0.2) is 74.3 Å². The fourth-order valence-electron chi connectivity index (χ4n) is 4.12. The third-order valence-electron chi connectivity index (χ3n) is 5.77. The van der Waals surface area contributed by atoms with Crippen molar-refractivity contribution >= 4 is 11.9 Å². The number of hydrogen-bond acceptors (Lipinski definition) is 6. The van der Waals surface area contributed by atoms with Gasteiger partial charge in [-0.3, -0.25) is 14.5 Å². The van der Waals surface area contributed by atoms with Crippen molar-refractivity contribution in [3.63, 3.8) is 0 Å². The number of rotatable bonds is 9. The zero-order chi connectivity index (χ0) is 23.1. The highest BCUT2D eigenvalue weighted by molar-refractivity contribution is 5.95. The molecule has 1 heterocycles. The molecule has 32 heavy (non-hydrogen) atoms. The van der Waals surface area contributed by atoms with Gasteiger partial charge in [-0.2, -0.15) is 0 Å². The van der Waals surface area contributed by atoms with E-state index < -0.39 is 5.97 Å². The van der Waals surface area contributed by atoms with E-state index in [1.807, 2.05) is 30.3 Å². The van der Waals surface area contributed by atoms with Gasteiger partial charge in [-0.1, -0.05) is 30.3 Å². The summed E-state index contributed by atoms with van der Waals surface area (Å²) in [5, 5.41) is 9.17. The lowest BCUT2D eigenvalue weighted by molar-refractivity contribution is -0.137. The first kappa shape index (κ1) is 23.4. The molecule has 0 aliphatic carbocycles. The first-order valence-electron chi connectivity index (χ1n) is 10.6. The van der Waals surface area contributed by atoms with Crippen LogP contribution in [0.3, 0.4) is 0 Å². The highest BCUT2D eigenvalue weighted by atomic mass is 16.5. The number of carboxylic acid groups (broad SMARTS) is 1. The number of methoxy groups -OCH3 is 3. The number of benzene rings is 2. The highest BCUT2D eigenvalue weighted by Crippen LogP contribution is 2.38. The average Bonchev–Trinajstić information content (AvgIpc) is 2.83. The summed E-state index contributed by atoms with van der Waals surface area (Å²) in [6.07, 6.45) is 0.629. The van der Waals surface area contributed by atoms with Crippen LogP contribution in [0.1, 0.15) is 34.8 Å². The van der Waals surface area contributed by atoms with Gasteiger partial charge in [-0.15, -0.1) is 0 Å².